The normalized spacial score (nSPS) is 10.4. The topological polar surface area (TPSA) is 21.3 Å². The van der Waals surface area contributed by atoms with E-state index in [-0.39, 0.29) is 0 Å². The average Bonchev–Trinajstić information content (AvgIpc) is 2.38. The highest BCUT2D eigenvalue weighted by Crippen LogP contribution is 2.25. The van der Waals surface area contributed by atoms with Gasteiger partial charge in [-0.3, -0.25) is 0 Å². The maximum Gasteiger partial charge on any atom is 0.142 e. The van der Waals surface area contributed by atoms with Crippen molar-refractivity contribution in [3.8, 4) is 5.75 Å². The van der Waals surface area contributed by atoms with Gasteiger partial charge in [-0.1, -0.05) is 42.5 Å². The van der Waals surface area contributed by atoms with Gasteiger partial charge in [0.05, 0.1) is 5.69 Å². The van der Waals surface area contributed by atoms with Gasteiger partial charge in [-0.2, -0.15) is 0 Å². The van der Waals surface area contributed by atoms with Crippen molar-refractivity contribution in [2.24, 2.45) is 0 Å². The van der Waals surface area contributed by atoms with E-state index in [0.29, 0.717) is 12.6 Å². The van der Waals surface area contributed by atoms with Gasteiger partial charge in [-0.05, 0) is 31.5 Å². The lowest BCUT2D eigenvalue weighted by atomic mass is 10.2. The predicted octanol–water partition coefficient (Wildman–Crippen LogP) is 4.09. The van der Waals surface area contributed by atoms with Gasteiger partial charge in [0.2, 0.25) is 0 Å². The minimum absolute atomic E-state index is 0.395. The van der Waals surface area contributed by atoms with Crippen molar-refractivity contribution in [2.75, 3.05) is 5.32 Å². The molecular weight excluding hydrogens is 222 g/mol. The van der Waals surface area contributed by atoms with Crippen molar-refractivity contribution < 1.29 is 4.74 Å². The summed E-state index contributed by atoms with van der Waals surface area (Å²) in [7, 11) is 0. The Morgan fingerprint density at radius 2 is 1.61 bits per heavy atom. The average molecular weight is 241 g/mol. The van der Waals surface area contributed by atoms with E-state index >= 15 is 0 Å². The first kappa shape index (κ1) is 12.5. The van der Waals surface area contributed by atoms with Crippen LogP contribution in [0.1, 0.15) is 19.4 Å². The molecule has 94 valence electrons. The Morgan fingerprint density at radius 1 is 0.944 bits per heavy atom. The fraction of sp³-hybridized carbons (Fsp3) is 0.250. The van der Waals surface area contributed by atoms with E-state index in [4.69, 9.17) is 4.74 Å². The van der Waals surface area contributed by atoms with Crippen LogP contribution < -0.4 is 10.1 Å². The summed E-state index contributed by atoms with van der Waals surface area (Å²) < 4.78 is 5.86. The zero-order chi connectivity index (χ0) is 12.8. The van der Waals surface area contributed by atoms with Gasteiger partial charge >= 0.3 is 0 Å². The highest BCUT2D eigenvalue weighted by Gasteiger charge is 2.04. The first-order valence-electron chi connectivity index (χ1n) is 6.28. The van der Waals surface area contributed by atoms with Crippen LogP contribution in [0.3, 0.4) is 0 Å². The van der Waals surface area contributed by atoms with Gasteiger partial charge < -0.3 is 10.1 Å². The molecule has 0 aliphatic rings. The molecule has 0 fully saturated rings. The zero-order valence-corrected chi connectivity index (χ0v) is 10.9. The summed E-state index contributed by atoms with van der Waals surface area (Å²) in [6, 6.07) is 18.6. The molecule has 0 saturated heterocycles. The molecular formula is C16H19NO. The van der Waals surface area contributed by atoms with Crippen LogP contribution >= 0.6 is 0 Å². The lowest BCUT2D eigenvalue weighted by Gasteiger charge is -2.15. The van der Waals surface area contributed by atoms with Crippen LogP contribution in [0.5, 0.6) is 5.75 Å². The van der Waals surface area contributed by atoms with Crippen molar-refractivity contribution in [2.45, 2.75) is 26.5 Å². The molecule has 0 unspecified atom stereocenters. The number of hydrogen-bond donors (Lipinski definition) is 1. The minimum atomic E-state index is 0.395. The summed E-state index contributed by atoms with van der Waals surface area (Å²) in [5.41, 5.74) is 2.22. The molecule has 2 rings (SSSR count). The number of rotatable bonds is 5. The summed E-state index contributed by atoms with van der Waals surface area (Å²) in [6.07, 6.45) is 0. The van der Waals surface area contributed by atoms with Crippen LogP contribution in [0.2, 0.25) is 0 Å². The molecule has 2 aromatic rings. The van der Waals surface area contributed by atoms with E-state index in [1.165, 1.54) is 5.56 Å². The maximum absolute atomic E-state index is 5.86. The molecule has 18 heavy (non-hydrogen) atoms. The Labute approximate surface area is 109 Å². The molecule has 2 heteroatoms. The molecule has 1 N–H and O–H groups in total. The van der Waals surface area contributed by atoms with Gasteiger partial charge in [0.15, 0.2) is 0 Å². The number of ether oxygens (including phenoxy) is 1. The Bertz CT molecular complexity index is 479. The Hall–Kier alpha value is -1.96. The van der Waals surface area contributed by atoms with Crippen molar-refractivity contribution in [3.05, 3.63) is 60.2 Å². The van der Waals surface area contributed by atoms with Gasteiger partial charge in [-0.15, -0.1) is 0 Å². The largest absolute Gasteiger partial charge is 0.487 e. The number of para-hydroxylation sites is 2. The van der Waals surface area contributed by atoms with E-state index in [1.54, 1.807) is 0 Å². The Kier molecular flexibility index (Phi) is 4.24. The number of anilines is 1. The SMILES string of the molecule is CC(C)Nc1ccccc1OCc1ccccc1. The molecule has 0 spiro atoms. The van der Waals surface area contributed by atoms with Crippen LogP contribution in [0.4, 0.5) is 5.69 Å². The van der Waals surface area contributed by atoms with Crippen LogP contribution in [0.25, 0.3) is 0 Å². The van der Waals surface area contributed by atoms with Crippen molar-refractivity contribution >= 4 is 5.69 Å². The molecule has 0 amide bonds. The molecule has 2 nitrogen and oxygen atoms in total. The zero-order valence-electron chi connectivity index (χ0n) is 10.9. The number of nitrogens with one attached hydrogen (secondary N) is 1. The molecule has 0 saturated carbocycles. The summed E-state index contributed by atoms with van der Waals surface area (Å²) in [6.45, 7) is 4.83. The standard InChI is InChI=1S/C16H19NO/c1-13(2)17-15-10-6-7-11-16(15)18-12-14-8-4-3-5-9-14/h3-11,13,17H,12H2,1-2H3. The molecule has 0 aromatic heterocycles. The minimum Gasteiger partial charge on any atom is -0.487 e. The summed E-state index contributed by atoms with van der Waals surface area (Å²) >= 11 is 0. The smallest absolute Gasteiger partial charge is 0.142 e. The van der Waals surface area contributed by atoms with E-state index in [9.17, 15) is 0 Å². The van der Waals surface area contributed by atoms with Gasteiger partial charge in [0, 0.05) is 6.04 Å². The second-order valence-electron chi connectivity index (χ2n) is 4.57. The lowest BCUT2D eigenvalue weighted by molar-refractivity contribution is 0.307. The first-order chi connectivity index (χ1) is 8.75. The van der Waals surface area contributed by atoms with Gasteiger partial charge in [0.1, 0.15) is 12.4 Å². The summed E-state index contributed by atoms with van der Waals surface area (Å²) in [5.74, 6) is 0.898. The molecule has 0 radical (unpaired) electrons. The second-order valence-corrected chi connectivity index (χ2v) is 4.57. The quantitative estimate of drug-likeness (QED) is 0.851. The highest BCUT2D eigenvalue weighted by atomic mass is 16.5. The first-order valence-corrected chi connectivity index (χ1v) is 6.28. The molecule has 0 aliphatic heterocycles. The van der Waals surface area contributed by atoms with E-state index in [0.717, 1.165) is 11.4 Å². The predicted molar refractivity (Wildman–Crippen MR) is 76.0 cm³/mol. The molecule has 0 atom stereocenters. The van der Waals surface area contributed by atoms with Gasteiger partial charge in [-0.25, -0.2) is 0 Å². The molecule has 2 aromatic carbocycles. The number of benzene rings is 2. The lowest BCUT2D eigenvalue weighted by Crippen LogP contribution is -2.10. The summed E-state index contributed by atoms with van der Waals surface area (Å²) in [5, 5.41) is 3.38. The third kappa shape index (κ3) is 3.52. The molecule has 0 heterocycles. The van der Waals surface area contributed by atoms with Crippen molar-refractivity contribution in [1.82, 2.24) is 0 Å². The number of hydrogen-bond acceptors (Lipinski definition) is 2. The van der Waals surface area contributed by atoms with Gasteiger partial charge in [0.25, 0.3) is 0 Å². The van der Waals surface area contributed by atoms with E-state index < -0.39 is 0 Å². The highest BCUT2D eigenvalue weighted by molar-refractivity contribution is 5.56. The Morgan fingerprint density at radius 3 is 2.33 bits per heavy atom. The fourth-order valence-corrected chi connectivity index (χ4v) is 1.76. The monoisotopic (exact) mass is 241 g/mol. The van der Waals surface area contributed by atoms with E-state index in [1.807, 2.05) is 42.5 Å². The van der Waals surface area contributed by atoms with Crippen LogP contribution in [0.15, 0.2) is 54.6 Å². The Balaban J connectivity index is 2.05. The maximum atomic E-state index is 5.86. The van der Waals surface area contributed by atoms with Crippen molar-refractivity contribution in [1.29, 1.82) is 0 Å². The fourth-order valence-electron chi connectivity index (χ4n) is 1.76. The van der Waals surface area contributed by atoms with E-state index in [2.05, 4.69) is 31.3 Å². The molecule has 0 aliphatic carbocycles. The third-order valence-electron chi connectivity index (χ3n) is 2.57. The van der Waals surface area contributed by atoms with Crippen molar-refractivity contribution in [3.63, 3.8) is 0 Å². The van der Waals surface area contributed by atoms with Crippen LogP contribution in [-0.2, 0) is 6.61 Å². The summed E-state index contributed by atoms with van der Waals surface area (Å²) in [4.78, 5) is 0. The molecule has 0 bridgehead atoms. The van der Waals surface area contributed by atoms with Crippen LogP contribution in [0, 0.1) is 0 Å². The van der Waals surface area contributed by atoms with Crippen LogP contribution in [-0.4, -0.2) is 6.04 Å². The third-order valence-corrected chi connectivity index (χ3v) is 2.57. The second kappa shape index (κ2) is 6.10.